The number of rotatable bonds is 6. The van der Waals surface area contributed by atoms with Gasteiger partial charge in [0.1, 0.15) is 23.3 Å². The normalized spacial score (nSPS) is 15.5. The van der Waals surface area contributed by atoms with Gasteiger partial charge in [-0.15, -0.1) is 0 Å². The second-order valence-corrected chi connectivity index (χ2v) is 8.71. The lowest BCUT2D eigenvalue weighted by atomic mass is 10.1. The summed E-state index contributed by atoms with van der Waals surface area (Å²) in [5, 5.41) is 0. The first-order valence-corrected chi connectivity index (χ1v) is 11.4. The van der Waals surface area contributed by atoms with Crippen molar-refractivity contribution in [2.75, 3.05) is 4.90 Å². The van der Waals surface area contributed by atoms with Gasteiger partial charge >= 0.3 is 0 Å². The summed E-state index contributed by atoms with van der Waals surface area (Å²) in [5.74, 6) is 3.11. The van der Waals surface area contributed by atoms with Gasteiger partial charge in [0.15, 0.2) is 5.82 Å². The third-order valence-electron chi connectivity index (χ3n) is 5.22. The lowest BCUT2D eigenvalue weighted by Crippen LogP contribution is -2.25. The molecule has 34 heavy (non-hydrogen) atoms. The second kappa shape index (κ2) is 9.82. The van der Waals surface area contributed by atoms with Crippen molar-refractivity contribution in [3.05, 3.63) is 83.2 Å². The number of hydrogen-bond donors (Lipinski definition) is 2. The van der Waals surface area contributed by atoms with Gasteiger partial charge in [0, 0.05) is 41.2 Å². The molecule has 2 aromatic heterocycles. The topological polar surface area (TPSA) is 118 Å². The molecule has 0 bridgehead atoms. The average Bonchev–Trinajstić information content (AvgIpc) is 3.17. The lowest BCUT2D eigenvalue weighted by molar-refractivity contribution is 0.834. The molecule has 0 unspecified atom stereocenters. The Morgan fingerprint density at radius 3 is 2.00 bits per heavy atom. The largest absolute Gasteiger partial charge is 0.383 e. The minimum atomic E-state index is 0.120. The first kappa shape index (κ1) is 23.1. The van der Waals surface area contributed by atoms with Crippen molar-refractivity contribution in [2.24, 2.45) is 26.4 Å². The van der Waals surface area contributed by atoms with Crippen LogP contribution in [0.4, 0.5) is 11.6 Å². The highest BCUT2D eigenvalue weighted by Gasteiger charge is 2.27. The number of nitrogens with zero attached hydrogens (tertiary/aromatic N) is 6. The van der Waals surface area contributed by atoms with E-state index in [0.717, 1.165) is 28.3 Å². The molecule has 1 aromatic carbocycles. The van der Waals surface area contributed by atoms with Crippen LogP contribution in [0.25, 0.3) is 0 Å². The maximum Gasteiger partial charge on any atom is 0.154 e. The Labute approximate surface area is 200 Å². The summed E-state index contributed by atoms with van der Waals surface area (Å²) >= 11 is 0. The Bertz CT molecular complexity index is 1240. The van der Waals surface area contributed by atoms with Crippen LogP contribution in [0, 0.1) is 0 Å². The summed E-state index contributed by atoms with van der Waals surface area (Å²) < 4.78 is 0. The Morgan fingerprint density at radius 2 is 1.44 bits per heavy atom. The molecule has 0 fully saturated rings. The molecule has 174 valence electrons. The van der Waals surface area contributed by atoms with Crippen LogP contribution in [0.2, 0.25) is 0 Å². The first-order chi connectivity index (χ1) is 16.3. The molecule has 3 heterocycles. The molecule has 0 atom stereocenters. The van der Waals surface area contributed by atoms with E-state index in [9.17, 15) is 0 Å². The lowest BCUT2D eigenvalue weighted by Gasteiger charge is -2.18. The standard InChI is InChI=1S/C26H30N8/c1-16(2)31-24(27)18-9-11-22(29-13-18)33-26-21-8-6-5-7-20(21)15-34(26)23-12-10-19(14-30-23)25(28)32-17(3)4/h5-14,16-17H,15H2,1-4H3,(H2,27,31)(H2,28,32). The van der Waals surface area contributed by atoms with E-state index >= 15 is 0 Å². The molecule has 0 spiro atoms. The maximum absolute atomic E-state index is 6.10. The van der Waals surface area contributed by atoms with E-state index in [1.54, 1.807) is 12.4 Å². The van der Waals surface area contributed by atoms with Gasteiger partial charge in [-0.2, -0.15) is 0 Å². The number of anilines is 1. The minimum Gasteiger partial charge on any atom is -0.383 e. The van der Waals surface area contributed by atoms with E-state index in [4.69, 9.17) is 16.5 Å². The van der Waals surface area contributed by atoms with Crippen molar-refractivity contribution in [3.8, 4) is 0 Å². The van der Waals surface area contributed by atoms with Crippen LogP contribution in [0.15, 0.2) is 75.9 Å². The van der Waals surface area contributed by atoms with Crippen LogP contribution in [0.3, 0.4) is 0 Å². The fraction of sp³-hybridized carbons (Fsp3) is 0.269. The molecule has 8 heteroatoms. The Hall–Kier alpha value is -4.07. The fourth-order valence-electron chi connectivity index (χ4n) is 3.69. The smallest absolute Gasteiger partial charge is 0.154 e. The molecule has 4 N–H and O–H groups in total. The number of hydrogen-bond acceptors (Lipinski definition) is 5. The van der Waals surface area contributed by atoms with Crippen LogP contribution in [0.5, 0.6) is 0 Å². The molecule has 0 saturated carbocycles. The number of aliphatic imine (C=N–C) groups is 3. The van der Waals surface area contributed by atoms with E-state index in [1.807, 2.05) is 64.1 Å². The van der Waals surface area contributed by atoms with E-state index in [0.29, 0.717) is 24.0 Å². The van der Waals surface area contributed by atoms with Gasteiger partial charge in [-0.3, -0.25) is 9.98 Å². The van der Waals surface area contributed by atoms with E-state index < -0.39 is 0 Å². The minimum absolute atomic E-state index is 0.120. The van der Waals surface area contributed by atoms with Gasteiger partial charge in [0.05, 0.1) is 6.54 Å². The SMILES string of the molecule is CC(C)N=C(N)c1ccc(N=C2c3ccccc3CN2c2ccc(C(N)=NC(C)C)cn2)nc1. The monoisotopic (exact) mass is 454 g/mol. The van der Waals surface area contributed by atoms with Crippen LogP contribution in [0.1, 0.15) is 49.9 Å². The Morgan fingerprint density at radius 1 is 0.824 bits per heavy atom. The van der Waals surface area contributed by atoms with Gasteiger partial charge in [-0.05, 0) is 57.5 Å². The van der Waals surface area contributed by atoms with Crippen LogP contribution in [-0.4, -0.2) is 39.6 Å². The van der Waals surface area contributed by atoms with Crippen molar-refractivity contribution >= 4 is 29.1 Å². The summed E-state index contributed by atoms with van der Waals surface area (Å²) in [6.07, 6.45) is 3.46. The third kappa shape index (κ3) is 5.11. The van der Waals surface area contributed by atoms with Crippen LogP contribution in [-0.2, 0) is 6.54 Å². The van der Waals surface area contributed by atoms with E-state index in [-0.39, 0.29) is 12.1 Å². The van der Waals surface area contributed by atoms with Crippen molar-refractivity contribution in [3.63, 3.8) is 0 Å². The van der Waals surface area contributed by atoms with Gasteiger partial charge in [0.25, 0.3) is 0 Å². The summed E-state index contributed by atoms with van der Waals surface area (Å²) in [6, 6.07) is 16.1. The number of aromatic nitrogens is 2. The summed E-state index contributed by atoms with van der Waals surface area (Å²) in [6.45, 7) is 8.62. The van der Waals surface area contributed by atoms with Crippen molar-refractivity contribution in [1.29, 1.82) is 0 Å². The molecule has 4 rings (SSSR count). The maximum atomic E-state index is 6.10. The van der Waals surface area contributed by atoms with Crippen LogP contribution < -0.4 is 16.4 Å². The molecule has 0 radical (unpaired) electrons. The van der Waals surface area contributed by atoms with Crippen molar-refractivity contribution in [1.82, 2.24) is 9.97 Å². The summed E-state index contributed by atoms with van der Waals surface area (Å²) in [4.78, 5) is 24.9. The number of nitrogens with two attached hydrogens (primary N) is 2. The molecule has 3 aromatic rings. The summed E-state index contributed by atoms with van der Waals surface area (Å²) in [5.41, 5.74) is 16.0. The molecule has 1 aliphatic heterocycles. The van der Waals surface area contributed by atoms with Gasteiger partial charge in [-0.1, -0.05) is 24.3 Å². The molecule has 0 aliphatic carbocycles. The van der Waals surface area contributed by atoms with Gasteiger partial charge in [0.2, 0.25) is 0 Å². The molecule has 8 nitrogen and oxygen atoms in total. The van der Waals surface area contributed by atoms with Crippen molar-refractivity contribution < 1.29 is 0 Å². The molecule has 0 saturated heterocycles. The highest BCUT2D eigenvalue weighted by molar-refractivity contribution is 6.14. The predicted octanol–water partition coefficient (Wildman–Crippen LogP) is 3.80. The number of fused-ring (bicyclic) bond motifs is 1. The Balaban J connectivity index is 1.67. The molecule has 1 aliphatic rings. The zero-order chi connectivity index (χ0) is 24.2. The van der Waals surface area contributed by atoms with E-state index in [1.165, 1.54) is 5.56 Å². The van der Waals surface area contributed by atoms with Gasteiger partial charge < -0.3 is 16.4 Å². The first-order valence-electron chi connectivity index (χ1n) is 11.4. The predicted molar refractivity (Wildman–Crippen MR) is 139 cm³/mol. The Kier molecular flexibility index (Phi) is 6.67. The number of amidine groups is 3. The zero-order valence-electron chi connectivity index (χ0n) is 20.0. The quantitative estimate of drug-likeness (QED) is 0.434. The zero-order valence-corrected chi connectivity index (χ0v) is 20.0. The van der Waals surface area contributed by atoms with Crippen LogP contribution >= 0.6 is 0 Å². The third-order valence-corrected chi connectivity index (χ3v) is 5.22. The average molecular weight is 455 g/mol. The van der Waals surface area contributed by atoms with Gasteiger partial charge in [-0.25, -0.2) is 15.0 Å². The molecule has 0 amide bonds. The number of pyridine rings is 2. The molecular weight excluding hydrogens is 424 g/mol. The van der Waals surface area contributed by atoms with E-state index in [2.05, 4.69) is 37.0 Å². The van der Waals surface area contributed by atoms with Crippen molar-refractivity contribution in [2.45, 2.75) is 46.3 Å². The highest BCUT2D eigenvalue weighted by atomic mass is 15.3. The highest BCUT2D eigenvalue weighted by Crippen LogP contribution is 2.29. The summed E-state index contributed by atoms with van der Waals surface area (Å²) in [7, 11) is 0. The number of benzene rings is 1. The fourth-order valence-corrected chi connectivity index (χ4v) is 3.69. The second-order valence-electron chi connectivity index (χ2n) is 8.71. The molecular formula is C26H30N8.